The zero-order valence-electron chi connectivity index (χ0n) is 14.0. The first-order chi connectivity index (χ1) is 12.2. The standard InChI is InChI=1S/C20H20N2O3/c1-25-17-4-2-3-14(9-17)19-11-16(23)12-22(19)20(24)15-6-5-13-7-8-21-18(13)10-15/h2-10,16,19,21,23H,11-12H2,1H3. The largest absolute Gasteiger partial charge is 0.497 e. The lowest BCUT2D eigenvalue weighted by atomic mass is 10.0. The molecule has 2 unspecified atom stereocenters. The van der Waals surface area contributed by atoms with Gasteiger partial charge in [-0.15, -0.1) is 0 Å². The molecule has 2 aromatic carbocycles. The number of ether oxygens (including phenoxy) is 1. The number of methoxy groups -OCH3 is 1. The molecule has 1 aliphatic heterocycles. The van der Waals surface area contributed by atoms with Gasteiger partial charge in [-0.05, 0) is 47.7 Å². The second kappa shape index (κ2) is 6.26. The van der Waals surface area contributed by atoms with Crippen LogP contribution in [0.2, 0.25) is 0 Å². The number of H-pyrrole nitrogens is 1. The van der Waals surface area contributed by atoms with Crippen molar-refractivity contribution in [3.63, 3.8) is 0 Å². The number of β-amino-alcohol motifs (C(OH)–C–C–N with tert-alkyl or cyclic N) is 1. The van der Waals surface area contributed by atoms with Gasteiger partial charge in [-0.2, -0.15) is 0 Å². The highest BCUT2D eigenvalue weighted by atomic mass is 16.5. The molecule has 1 aliphatic rings. The molecule has 5 nitrogen and oxygen atoms in total. The second-order valence-corrected chi connectivity index (χ2v) is 6.42. The lowest BCUT2D eigenvalue weighted by Gasteiger charge is -2.25. The van der Waals surface area contributed by atoms with Gasteiger partial charge < -0.3 is 19.7 Å². The van der Waals surface area contributed by atoms with Crippen molar-refractivity contribution >= 4 is 16.8 Å². The average molecular weight is 336 g/mol. The Bertz CT molecular complexity index is 918. The number of hydrogen-bond acceptors (Lipinski definition) is 3. The molecule has 2 atom stereocenters. The normalized spacial score (nSPS) is 20.2. The van der Waals surface area contributed by atoms with Crippen LogP contribution in [-0.4, -0.2) is 40.7 Å². The van der Waals surface area contributed by atoms with Gasteiger partial charge in [0.05, 0.1) is 19.3 Å². The summed E-state index contributed by atoms with van der Waals surface area (Å²) >= 11 is 0. The molecule has 1 saturated heterocycles. The summed E-state index contributed by atoms with van der Waals surface area (Å²) in [7, 11) is 1.62. The van der Waals surface area contributed by atoms with E-state index in [1.807, 2.05) is 54.7 Å². The molecule has 0 radical (unpaired) electrons. The van der Waals surface area contributed by atoms with E-state index in [4.69, 9.17) is 4.74 Å². The summed E-state index contributed by atoms with van der Waals surface area (Å²) in [5.41, 5.74) is 2.53. The summed E-state index contributed by atoms with van der Waals surface area (Å²) in [6.45, 7) is 0.337. The zero-order chi connectivity index (χ0) is 17.4. The fourth-order valence-corrected chi connectivity index (χ4v) is 3.55. The maximum Gasteiger partial charge on any atom is 0.254 e. The van der Waals surface area contributed by atoms with E-state index in [2.05, 4.69) is 4.98 Å². The summed E-state index contributed by atoms with van der Waals surface area (Å²) < 4.78 is 5.29. The molecular formula is C20H20N2O3. The minimum Gasteiger partial charge on any atom is -0.497 e. The molecule has 128 valence electrons. The Balaban J connectivity index is 1.67. The minimum absolute atomic E-state index is 0.0686. The van der Waals surface area contributed by atoms with Crippen molar-refractivity contribution in [1.82, 2.24) is 9.88 Å². The number of fused-ring (bicyclic) bond motifs is 1. The number of rotatable bonds is 3. The monoisotopic (exact) mass is 336 g/mol. The maximum atomic E-state index is 13.1. The molecule has 5 heteroatoms. The number of nitrogens with zero attached hydrogens (tertiary/aromatic N) is 1. The molecule has 25 heavy (non-hydrogen) atoms. The van der Waals surface area contributed by atoms with Crippen LogP contribution in [0.15, 0.2) is 54.7 Å². The number of nitrogens with one attached hydrogen (secondary N) is 1. The summed E-state index contributed by atoms with van der Waals surface area (Å²) in [6, 6.07) is 15.1. The third kappa shape index (κ3) is 2.87. The van der Waals surface area contributed by atoms with Crippen LogP contribution in [-0.2, 0) is 0 Å². The number of aromatic nitrogens is 1. The lowest BCUT2D eigenvalue weighted by molar-refractivity contribution is 0.0716. The highest BCUT2D eigenvalue weighted by Crippen LogP contribution is 2.35. The predicted molar refractivity (Wildman–Crippen MR) is 95.7 cm³/mol. The van der Waals surface area contributed by atoms with Gasteiger partial charge >= 0.3 is 0 Å². The molecule has 0 aliphatic carbocycles. The van der Waals surface area contributed by atoms with E-state index in [-0.39, 0.29) is 11.9 Å². The summed E-state index contributed by atoms with van der Waals surface area (Å²) in [6.07, 6.45) is 1.87. The SMILES string of the molecule is COc1cccc(C2CC(O)CN2C(=O)c2ccc3cc[nH]c3c2)c1. The van der Waals surface area contributed by atoms with Crippen molar-refractivity contribution in [3.8, 4) is 5.75 Å². The summed E-state index contributed by atoms with van der Waals surface area (Å²) in [4.78, 5) is 18.0. The fourth-order valence-electron chi connectivity index (χ4n) is 3.55. The molecule has 3 aromatic rings. The molecular weight excluding hydrogens is 316 g/mol. The van der Waals surface area contributed by atoms with E-state index in [1.54, 1.807) is 12.0 Å². The Morgan fingerprint density at radius 1 is 1.24 bits per heavy atom. The molecule has 1 aromatic heterocycles. The summed E-state index contributed by atoms with van der Waals surface area (Å²) in [5.74, 6) is 0.681. The fraction of sp³-hybridized carbons (Fsp3) is 0.250. The zero-order valence-corrected chi connectivity index (χ0v) is 14.0. The third-order valence-electron chi connectivity index (χ3n) is 4.82. The van der Waals surface area contributed by atoms with E-state index < -0.39 is 6.10 Å². The van der Waals surface area contributed by atoms with E-state index in [1.165, 1.54) is 0 Å². The number of carbonyl (C=O) groups excluding carboxylic acids is 1. The second-order valence-electron chi connectivity index (χ2n) is 6.42. The molecule has 2 N–H and O–H groups in total. The lowest BCUT2D eigenvalue weighted by Crippen LogP contribution is -2.31. The van der Waals surface area contributed by atoms with Crippen molar-refractivity contribution in [2.45, 2.75) is 18.6 Å². The van der Waals surface area contributed by atoms with E-state index >= 15 is 0 Å². The molecule has 0 saturated carbocycles. The number of aromatic amines is 1. The first-order valence-corrected chi connectivity index (χ1v) is 8.36. The third-order valence-corrected chi connectivity index (χ3v) is 4.82. The topological polar surface area (TPSA) is 65.6 Å². The number of carbonyl (C=O) groups is 1. The number of hydrogen-bond donors (Lipinski definition) is 2. The van der Waals surface area contributed by atoms with Crippen molar-refractivity contribution in [2.24, 2.45) is 0 Å². The molecule has 4 rings (SSSR count). The Morgan fingerprint density at radius 3 is 2.96 bits per heavy atom. The van der Waals surface area contributed by atoms with Crippen LogP contribution in [0.25, 0.3) is 10.9 Å². The highest BCUT2D eigenvalue weighted by molar-refractivity contribution is 5.98. The average Bonchev–Trinajstić information content (AvgIpc) is 3.26. The number of likely N-dealkylation sites (tertiary alicyclic amines) is 1. The minimum atomic E-state index is -0.519. The first kappa shape index (κ1) is 15.7. The molecule has 2 heterocycles. The first-order valence-electron chi connectivity index (χ1n) is 8.36. The van der Waals surface area contributed by atoms with Crippen molar-refractivity contribution in [3.05, 3.63) is 65.9 Å². The smallest absolute Gasteiger partial charge is 0.254 e. The van der Waals surface area contributed by atoms with Gasteiger partial charge in [0.1, 0.15) is 5.75 Å². The van der Waals surface area contributed by atoms with E-state index in [9.17, 15) is 9.90 Å². The summed E-state index contributed by atoms with van der Waals surface area (Å²) in [5, 5.41) is 11.2. The maximum absolute atomic E-state index is 13.1. The van der Waals surface area contributed by atoms with Gasteiger partial charge in [0.15, 0.2) is 0 Å². The number of aliphatic hydroxyl groups is 1. The van der Waals surface area contributed by atoms with Gasteiger partial charge in [0.2, 0.25) is 0 Å². The number of benzene rings is 2. The Kier molecular flexibility index (Phi) is 3.93. The van der Waals surface area contributed by atoms with Crippen LogP contribution < -0.4 is 4.74 Å². The number of aliphatic hydroxyl groups excluding tert-OH is 1. The molecule has 0 spiro atoms. The van der Waals surface area contributed by atoms with Crippen molar-refractivity contribution in [2.75, 3.05) is 13.7 Å². The quantitative estimate of drug-likeness (QED) is 0.772. The Labute approximate surface area is 145 Å². The number of amides is 1. The molecule has 0 bridgehead atoms. The van der Waals surface area contributed by atoms with E-state index in [0.29, 0.717) is 18.5 Å². The van der Waals surface area contributed by atoms with Gasteiger partial charge in [-0.1, -0.05) is 18.2 Å². The van der Waals surface area contributed by atoms with Crippen molar-refractivity contribution in [1.29, 1.82) is 0 Å². The van der Waals surface area contributed by atoms with Gasteiger partial charge in [0.25, 0.3) is 5.91 Å². The Morgan fingerprint density at radius 2 is 2.12 bits per heavy atom. The molecule has 1 fully saturated rings. The van der Waals surface area contributed by atoms with Gasteiger partial charge in [0, 0.05) is 23.8 Å². The van der Waals surface area contributed by atoms with E-state index in [0.717, 1.165) is 22.2 Å². The highest BCUT2D eigenvalue weighted by Gasteiger charge is 2.35. The van der Waals surface area contributed by atoms with Crippen LogP contribution >= 0.6 is 0 Å². The van der Waals surface area contributed by atoms with Crippen LogP contribution in [0, 0.1) is 0 Å². The van der Waals surface area contributed by atoms with Crippen molar-refractivity contribution < 1.29 is 14.6 Å². The predicted octanol–water partition coefficient (Wildman–Crippen LogP) is 3.12. The van der Waals surface area contributed by atoms with Crippen LogP contribution in [0.1, 0.15) is 28.4 Å². The van der Waals surface area contributed by atoms with Crippen LogP contribution in [0.4, 0.5) is 0 Å². The Hall–Kier alpha value is -2.79. The molecule has 1 amide bonds. The van der Waals surface area contributed by atoms with Gasteiger partial charge in [-0.3, -0.25) is 4.79 Å². The van der Waals surface area contributed by atoms with Gasteiger partial charge in [-0.25, -0.2) is 0 Å². The van der Waals surface area contributed by atoms with Crippen LogP contribution in [0.5, 0.6) is 5.75 Å². The van der Waals surface area contributed by atoms with Crippen LogP contribution in [0.3, 0.4) is 0 Å².